The Morgan fingerprint density at radius 3 is 2.53 bits per heavy atom. The Balaban J connectivity index is 2.12. The van der Waals surface area contributed by atoms with Gasteiger partial charge in [0.1, 0.15) is 0 Å². The van der Waals surface area contributed by atoms with E-state index in [1.807, 2.05) is 0 Å². The molecule has 3 atom stereocenters. The largest absolute Gasteiger partial charge is 0.378 e. The van der Waals surface area contributed by atoms with Crippen molar-refractivity contribution < 1.29 is 4.74 Å². The highest BCUT2D eigenvalue weighted by Crippen LogP contribution is 2.26. The fraction of sp³-hybridized carbons (Fsp3) is 0.647. The summed E-state index contributed by atoms with van der Waals surface area (Å²) in [4.78, 5) is 0. The van der Waals surface area contributed by atoms with Crippen LogP contribution in [-0.2, 0) is 11.2 Å². The molecule has 0 bridgehead atoms. The number of likely N-dealkylation sites (N-methyl/N-ethyl adjacent to an activating group) is 1. The average Bonchev–Trinajstić information content (AvgIpc) is 2.79. The van der Waals surface area contributed by atoms with E-state index in [2.05, 4.69) is 51.2 Å². The summed E-state index contributed by atoms with van der Waals surface area (Å²) in [6.45, 7) is 10.8. The van der Waals surface area contributed by atoms with Crippen LogP contribution in [0, 0.1) is 19.8 Å². The van der Waals surface area contributed by atoms with E-state index in [1.54, 1.807) is 0 Å². The van der Waals surface area contributed by atoms with Gasteiger partial charge in [-0.05, 0) is 56.8 Å². The van der Waals surface area contributed by atoms with Gasteiger partial charge >= 0.3 is 0 Å². The van der Waals surface area contributed by atoms with Crippen molar-refractivity contribution in [1.29, 1.82) is 0 Å². The van der Waals surface area contributed by atoms with Crippen molar-refractivity contribution in [3.63, 3.8) is 0 Å². The molecular weight excluding hydrogens is 234 g/mol. The molecule has 2 nitrogen and oxygen atoms in total. The number of rotatable bonds is 5. The third-order valence-corrected chi connectivity index (χ3v) is 4.33. The summed E-state index contributed by atoms with van der Waals surface area (Å²) in [6, 6.07) is 7.13. The summed E-state index contributed by atoms with van der Waals surface area (Å²) in [5, 5.41) is 3.67. The highest BCUT2D eigenvalue weighted by Gasteiger charge is 2.29. The van der Waals surface area contributed by atoms with E-state index in [0.717, 1.165) is 19.6 Å². The van der Waals surface area contributed by atoms with Crippen LogP contribution in [0.25, 0.3) is 0 Å². The van der Waals surface area contributed by atoms with E-state index in [-0.39, 0.29) is 0 Å². The van der Waals surface area contributed by atoms with Gasteiger partial charge in [0.2, 0.25) is 0 Å². The average molecular weight is 261 g/mol. The van der Waals surface area contributed by atoms with Crippen molar-refractivity contribution in [2.75, 3.05) is 13.2 Å². The first-order valence-corrected chi connectivity index (χ1v) is 7.51. The number of aryl methyl sites for hydroxylation is 2. The summed E-state index contributed by atoms with van der Waals surface area (Å²) in [5.74, 6) is 0.647. The Kier molecular flexibility index (Phi) is 5.00. The van der Waals surface area contributed by atoms with Gasteiger partial charge < -0.3 is 10.1 Å². The second-order valence-electron chi connectivity index (χ2n) is 5.88. The summed E-state index contributed by atoms with van der Waals surface area (Å²) < 4.78 is 5.75. The number of benzene rings is 1. The van der Waals surface area contributed by atoms with E-state index in [4.69, 9.17) is 4.74 Å². The maximum absolute atomic E-state index is 5.75. The molecule has 1 aliphatic rings. The minimum atomic E-state index is 0.420. The predicted molar refractivity (Wildman–Crippen MR) is 80.6 cm³/mol. The fourth-order valence-corrected chi connectivity index (χ4v) is 3.19. The van der Waals surface area contributed by atoms with Crippen molar-refractivity contribution in [3.05, 3.63) is 34.9 Å². The van der Waals surface area contributed by atoms with E-state index in [0.29, 0.717) is 18.1 Å². The van der Waals surface area contributed by atoms with Crippen LogP contribution in [-0.4, -0.2) is 25.3 Å². The first-order valence-electron chi connectivity index (χ1n) is 7.51. The zero-order valence-corrected chi connectivity index (χ0v) is 12.7. The van der Waals surface area contributed by atoms with E-state index < -0.39 is 0 Å². The Morgan fingerprint density at radius 1 is 1.32 bits per heavy atom. The van der Waals surface area contributed by atoms with E-state index in [9.17, 15) is 0 Å². The predicted octanol–water partition coefficient (Wildman–Crippen LogP) is 3.25. The third kappa shape index (κ3) is 3.58. The zero-order chi connectivity index (χ0) is 13.8. The highest BCUT2D eigenvalue weighted by atomic mass is 16.5. The van der Waals surface area contributed by atoms with Crippen molar-refractivity contribution in [2.24, 2.45) is 5.92 Å². The minimum absolute atomic E-state index is 0.420. The number of hydrogen-bond donors (Lipinski definition) is 1. The lowest BCUT2D eigenvalue weighted by Crippen LogP contribution is -2.38. The number of nitrogens with one attached hydrogen (secondary N) is 1. The normalized spacial score (nSPS) is 24.6. The second kappa shape index (κ2) is 6.53. The van der Waals surface area contributed by atoms with Crippen LogP contribution in [0.3, 0.4) is 0 Å². The van der Waals surface area contributed by atoms with Gasteiger partial charge in [-0.3, -0.25) is 0 Å². The lowest BCUT2D eigenvalue weighted by atomic mass is 9.88. The van der Waals surface area contributed by atoms with Gasteiger partial charge in [-0.15, -0.1) is 0 Å². The molecule has 3 unspecified atom stereocenters. The maximum Gasteiger partial charge on any atom is 0.0551 e. The van der Waals surface area contributed by atoms with E-state index in [1.165, 1.54) is 23.1 Å². The Hall–Kier alpha value is -0.860. The SMILES string of the molecule is CCNC(Cc1c(C)cccc1C)C1COC(C)C1. The maximum atomic E-state index is 5.75. The Morgan fingerprint density at radius 2 is 2.00 bits per heavy atom. The van der Waals surface area contributed by atoms with E-state index >= 15 is 0 Å². The van der Waals surface area contributed by atoms with Crippen molar-refractivity contribution in [3.8, 4) is 0 Å². The molecule has 2 rings (SSSR count). The third-order valence-electron chi connectivity index (χ3n) is 4.33. The van der Waals surface area contributed by atoms with Gasteiger partial charge in [-0.25, -0.2) is 0 Å². The van der Waals surface area contributed by atoms with Crippen LogP contribution in [0.1, 0.15) is 37.0 Å². The Bertz CT molecular complexity index is 395. The fourth-order valence-electron chi connectivity index (χ4n) is 3.19. The lowest BCUT2D eigenvalue weighted by molar-refractivity contribution is 0.117. The molecular formula is C17H27NO. The van der Waals surface area contributed by atoms with Gasteiger partial charge in [0.05, 0.1) is 12.7 Å². The molecule has 0 amide bonds. The molecule has 1 saturated heterocycles. The van der Waals surface area contributed by atoms with Crippen LogP contribution in [0.4, 0.5) is 0 Å². The highest BCUT2D eigenvalue weighted by molar-refractivity contribution is 5.34. The molecule has 1 aromatic rings. The summed E-state index contributed by atoms with van der Waals surface area (Å²) in [5.41, 5.74) is 4.33. The van der Waals surface area contributed by atoms with Gasteiger partial charge in [0.15, 0.2) is 0 Å². The molecule has 19 heavy (non-hydrogen) atoms. The van der Waals surface area contributed by atoms with Gasteiger partial charge in [0.25, 0.3) is 0 Å². The molecule has 0 aromatic heterocycles. The molecule has 1 heterocycles. The van der Waals surface area contributed by atoms with Crippen LogP contribution < -0.4 is 5.32 Å². The Labute approximate surface area is 117 Å². The topological polar surface area (TPSA) is 21.3 Å². The van der Waals surface area contributed by atoms with Crippen molar-refractivity contribution in [1.82, 2.24) is 5.32 Å². The van der Waals surface area contributed by atoms with Gasteiger partial charge in [0, 0.05) is 12.0 Å². The van der Waals surface area contributed by atoms with Crippen molar-refractivity contribution in [2.45, 2.75) is 52.7 Å². The van der Waals surface area contributed by atoms with Crippen LogP contribution >= 0.6 is 0 Å². The molecule has 0 aliphatic carbocycles. The molecule has 1 aromatic carbocycles. The molecule has 106 valence electrons. The van der Waals surface area contributed by atoms with Crippen LogP contribution in [0.15, 0.2) is 18.2 Å². The molecule has 1 aliphatic heterocycles. The summed E-state index contributed by atoms with van der Waals surface area (Å²) >= 11 is 0. The van der Waals surface area contributed by atoms with Gasteiger partial charge in [-0.2, -0.15) is 0 Å². The quantitative estimate of drug-likeness (QED) is 0.878. The molecule has 1 N–H and O–H groups in total. The summed E-state index contributed by atoms with van der Waals surface area (Å²) in [7, 11) is 0. The second-order valence-corrected chi connectivity index (χ2v) is 5.88. The van der Waals surface area contributed by atoms with Crippen LogP contribution in [0.2, 0.25) is 0 Å². The van der Waals surface area contributed by atoms with Crippen LogP contribution in [0.5, 0.6) is 0 Å². The monoisotopic (exact) mass is 261 g/mol. The smallest absolute Gasteiger partial charge is 0.0551 e. The molecule has 2 heteroatoms. The standard InChI is InChI=1S/C17H27NO/c1-5-18-17(15-9-14(4)19-11-15)10-16-12(2)7-6-8-13(16)3/h6-8,14-15,17-18H,5,9-11H2,1-4H3. The number of ether oxygens (including phenoxy) is 1. The minimum Gasteiger partial charge on any atom is -0.378 e. The molecule has 0 spiro atoms. The zero-order valence-electron chi connectivity index (χ0n) is 12.7. The molecule has 0 radical (unpaired) electrons. The summed E-state index contributed by atoms with van der Waals surface area (Å²) in [6.07, 6.45) is 2.72. The number of hydrogen-bond acceptors (Lipinski definition) is 2. The van der Waals surface area contributed by atoms with Gasteiger partial charge in [-0.1, -0.05) is 25.1 Å². The van der Waals surface area contributed by atoms with Crippen molar-refractivity contribution >= 4 is 0 Å². The first-order chi connectivity index (χ1) is 9.11. The molecule has 1 fully saturated rings. The lowest BCUT2D eigenvalue weighted by Gasteiger charge is -2.25. The molecule has 0 saturated carbocycles. The first kappa shape index (κ1) is 14.5.